The van der Waals surface area contributed by atoms with Gasteiger partial charge >= 0.3 is 17.1 Å². The normalized spacial score (nSPS) is 17.1. The Morgan fingerprint density at radius 1 is 0.913 bits per heavy atom. The van der Waals surface area contributed by atoms with Crippen LogP contribution in [-0.2, 0) is 21.9 Å². The number of ketones is 1. The zero-order valence-corrected chi connectivity index (χ0v) is 14.4. The zero-order valence-electron chi connectivity index (χ0n) is 12.6. The molecule has 0 heterocycles. The van der Waals surface area contributed by atoms with E-state index in [1.807, 2.05) is 82.1 Å². The summed E-state index contributed by atoms with van der Waals surface area (Å²) >= 11 is 5.99. The van der Waals surface area contributed by atoms with Gasteiger partial charge in [-0.3, -0.25) is 4.79 Å². The predicted molar refractivity (Wildman–Crippen MR) is 91.5 cm³/mol. The maximum Gasteiger partial charge on any atom is 2.00 e. The molecule has 2 nitrogen and oxygen atoms in total. The number of para-hydroxylation sites is 1. The van der Waals surface area contributed by atoms with Crippen molar-refractivity contribution in [3.63, 3.8) is 0 Å². The molecule has 0 unspecified atom stereocenters. The van der Waals surface area contributed by atoms with Gasteiger partial charge < -0.3 is 5.32 Å². The molecule has 0 amide bonds. The molecule has 23 heavy (non-hydrogen) atoms. The Kier molecular flexibility index (Phi) is 10.7. The van der Waals surface area contributed by atoms with E-state index in [4.69, 9.17) is 11.6 Å². The second kappa shape index (κ2) is 11.9. The maximum atomic E-state index is 11.7. The molecule has 0 spiro atoms. The third-order valence-electron chi connectivity index (χ3n) is 3.08. The van der Waals surface area contributed by atoms with Crippen LogP contribution < -0.4 is 5.32 Å². The summed E-state index contributed by atoms with van der Waals surface area (Å²) in [7, 11) is 0. The first-order chi connectivity index (χ1) is 10.8. The van der Waals surface area contributed by atoms with Gasteiger partial charge in [0.25, 0.3) is 0 Å². The number of hydrogen-bond acceptors (Lipinski definition) is 2. The average Bonchev–Trinajstić information content (AvgIpc) is 3.25. The number of benzene rings is 1. The second-order valence-electron chi connectivity index (χ2n) is 4.72. The number of nitrogens with one attached hydrogen (secondary N) is 1. The fraction of sp³-hybridized carbons (Fsp3) is 0.105. The van der Waals surface area contributed by atoms with E-state index in [0.717, 1.165) is 11.6 Å². The van der Waals surface area contributed by atoms with Crippen molar-refractivity contribution in [2.45, 2.75) is 6.42 Å². The van der Waals surface area contributed by atoms with Crippen molar-refractivity contribution in [1.29, 1.82) is 0 Å². The van der Waals surface area contributed by atoms with Crippen LogP contribution in [0.5, 0.6) is 0 Å². The Morgan fingerprint density at radius 3 is 2.04 bits per heavy atom. The van der Waals surface area contributed by atoms with Crippen molar-refractivity contribution in [3.8, 4) is 0 Å². The first-order valence-corrected chi connectivity index (χ1v) is 7.55. The summed E-state index contributed by atoms with van der Waals surface area (Å²) in [6.07, 6.45) is 17.9. The van der Waals surface area contributed by atoms with Gasteiger partial charge in [0.1, 0.15) is 5.78 Å². The molecular formula is C19H18ClFeNO+2. The number of hydrogen-bond donors (Lipinski definition) is 1. The van der Waals surface area contributed by atoms with Crippen LogP contribution in [0.3, 0.4) is 0 Å². The van der Waals surface area contributed by atoms with Gasteiger partial charge in [-0.2, -0.15) is 0 Å². The third kappa shape index (κ3) is 7.74. The number of anilines is 1. The van der Waals surface area contributed by atoms with Crippen LogP contribution in [0.4, 0.5) is 5.69 Å². The quantitative estimate of drug-likeness (QED) is 0.793. The van der Waals surface area contributed by atoms with Crippen LogP contribution in [0.1, 0.15) is 6.42 Å². The number of carbonyl (C=O) groups is 1. The van der Waals surface area contributed by atoms with Crippen molar-refractivity contribution >= 4 is 23.1 Å². The number of halogens is 1. The molecule has 0 bridgehead atoms. The molecule has 1 aromatic rings. The maximum absolute atomic E-state index is 11.7. The molecule has 3 rings (SSSR count). The standard InChI is InChI=1S/C14H13ClNO.C5H5.Fe/c15-12-7-3-4-8-13(12)16-10-9-14(17)11-5-1-2-6-11;1-2-4-5-3-1;/h1-8,16H,9-10H2;1-5H;/q;;+2. The van der Waals surface area contributed by atoms with E-state index in [9.17, 15) is 4.79 Å². The molecule has 2 saturated carbocycles. The Balaban J connectivity index is 0.000000377. The fourth-order valence-electron chi connectivity index (χ4n) is 1.94. The van der Waals surface area contributed by atoms with Crippen molar-refractivity contribution < 1.29 is 21.9 Å². The van der Waals surface area contributed by atoms with E-state index in [1.54, 1.807) is 0 Å². The molecule has 0 aliphatic heterocycles. The van der Waals surface area contributed by atoms with E-state index < -0.39 is 0 Å². The van der Waals surface area contributed by atoms with E-state index >= 15 is 0 Å². The summed E-state index contributed by atoms with van der Waals surface area (Å²) in [4.78, 5) is 11.7. The molecule has 2 aliphatic rings. The zero-order chi connectivity index (χ0) is 15.6. The summed E-state index contributed by atoms with van der Waals surface area (Å²) in [6.45, 7) is 0.591. The molecule has 1 N–H and O–H groups in total. The van der Waals surface area contributed by atoms with Crippen LogP contribution >= 0.6 is 11.6 Å². The molecule has 2 fully saturated rings. The van der Waals surface area contributed by atoms with Gasteiger partial charge in [0.15, 0.2) is 0 Å². The van der Waals surface area contributed by atoms with Gasteiger partial charge in [-0.05, 0) is 69.9 Å². The summed E-state index contributed by atoms with van der Waals surface area (Å²) in [5.41, 5.74) is 0.865. The first kappa shape index (κ1) is 20.5. The van der Waals surface area contributed by atoms with Gasteiger partial charge in [-0.25, -0.2) is 0 Å². The molecule has 0 saturated heterocycles. The molecule has 2 aliphatic carbocycles. The number of Topliss-reactive ketones (excluding diaryl/α,β-unsaturated/α-hetero) is 1. The monoisotopic (exact) mass is 367 g/mol. The van der Waals surface area contributed by atoms with Gasteiger partial charge in [-0.1, -0.05) is 23.7 Å². The Morgan fingerprint density at radius 2 is 1.48 bits per heavy atom. The van der Waals surface area contributed by atoms with E-state index in [2.05, 4.69) is 5.32 Å². The fourth-order valence-corrected chi connectivity index (χ4v) is 2.14. The summed E-state index contributed by atoms with van der Waals surface area (Å²) in [5.74, 6) is 0.917. The topological polar surface area (TPSA) is 29.1 Å². The second-order valence-corrected chi connectivity index (χ2v) is 5.12. The third-order valence-corrected chi connectivity index (χ3v) is 3.41. The molecule has 1 aromatic carbocycles. The van der Waals surface area contributed by atoms with Gasteiger partial charge in [0, 0.05) is 18.9 Å². The van der Waals surface area contributed by atoms with Crippen molar-refractivity contribution in [2.75, 3.05) is 11.9 Å². The molecule has 0 atom stereocenters. The largest absolute Gasteiger partial charge is 2.00 e. The molecule has 10 radical (unpaired) electrons. The minimum absolute atomic E-state index is 0. The number of rotatable bonds is 5. The molecular weight excluding hydrogens is 350 g/mol. The van der Waals surface area contributed by atoms with Crippen LogP contribution in [0.25, 0.3) is 0 Å². The summed E-state index contributed by atoms with van der Waals surface area (Å²) < 4.78 is 0. The first-order valence-electron chi connectivity index (χ1n) is 7.17. The summed E-state index contributed by atoms with van der Waals surface area (Å²) in [5, 5.41) is 3.83. The van der Waals surface area contributed by atoms with E-state index in [-0.39, 0.29) is 22.9 Å². The average molecular weight is 368 g/mol. The van der Waals surface area contributed by atoms with Gasteiger partial charge in [0.05, 0.1) is 10.7 Å². The van der Waals surface area contributed by atoms with Crippen LogP contribution in [0, 0.1) is 63.7 Å². The smallest absolute Gasteiger partial charge is 0.383 e. The molecule has 118 valence electrons. The van der Waals surface area contributed by atoms with Crippen LogP contribution in [-0.4, -0.2) is 12.3 Å². The SMILES string of the molecule is O=C(CCNc1ccccc1Cl)[C]1[CH][CH][CH][CH]1.[CH]1[CH][CH][CH][CH]1.[Fe+2]. The molecule has 4 heteroatoms. The minimum atomic E-state index is 0. The van der Waals surface area contributed by atoms with Crippen molar-refractivity contribution in [3.05, 3.63) is 93.0 Å². The van der Waals surface area contributed by atoms with E-state index in [1.165, 1.54) is 0 Å². The Bertz CT molecular complexity index is 449. The van der Waals surface area contributed by atoms with Crippen molar-refractivity contribution in [1.82, 2.24) is 0 Å². The van der Waals surface area contributed by atoms with Crippen LogP contribution in [0.15, 0.2) is 24.3 Å². The Hall–Kier alpha value is -0.501. The van der Waals surface area contributed by atoms with Gasteiger partial charge in [-0.15, -0.1) is 0 Å². The van der Waals surface area contributed by atoms with Crippen molar-refractivity contribution in [2.24, 2.45) is 0 Å². The van der Waals surface area contributed by atoms with E-state index in [0.29, 0.717) is 18.0 Å². The summed E-state index contributed by atoms with van der Waals surface area (Å²) in [6, 6.07) is 7.51. The minimum Gasteiger partial charge on any atom is -0.383 e. The molecule has 0 aromatic heterocycles. The van der Waals surface area contributed by atoms with Crippen LogP contribution in [0.2, 0.25) is 5.02 Å². The van der Waals surface area contributed by atoms with Gasteiger partial charge in [0.2, 0.25) is 0 Å². The number of carbonyl (C=O) groups excluding carboxylic acids is 1. The predicted octanol–water partition coefficient (Wildman–Crippen LogP) is 4.14. The Labute approximate surface area is 156 Å².